The molecular weight excluding hydrogens is 354 g/mol. The van der Waals surface area contributed by atoms with E-state index in [9.17, 15) is 9.59 Å². The summed E-state index contributed by atoms with van der Waals surface area (Å²) in [4.78, 5) is 24.4. The highest BCUT2D eigenvalue weighted by Crippen LogP contribution is 2.21. The van der Waals surface area contributed by atoms with E-state index in [1.54, 1.807) is 24.3 Å². The molecule has 3 N–H and O–H groups in total. The Bertz CT molecular complexity index is 826. The van der Waals surface area contributed by atoms with E-state index in [0.29, 0.717) is 11.4 Å². The minimum Gasteiger partial charge on any atom is -0.491 e. The molecule has 2 aromatic rings. The fourth-order valence-corrected chi connectivity index (χ4v) is 2.33. The first-order valence-corrected chi connectivity index (χ1v) is 9.35. The first-order valence-electron chi connectivity index (χ1n) is 9.35. The van der Waals surface area contributed by atoms with Gasteiger partial charge in [-0.3, -0.25) is 9.59 Å². The van der Waals surface area contributed by atoms with Gasteiger partial charge in [0.2, 0.25) is 11.8 Å². The Hall–Kier alpha value is -3.02. The number of hydrogen-bond acceptors (Lipinski definition) is 4. The monoisotopic (exact) mass is 383 g/mol. The summed E-state index contributed by atoms with van der Waals surface area (Å²) in [7, 11) is 0. The maximum Gasteiger partial charge on any atom is 0.243 e. The number of nitrogens with one attached hydrogen (secondary N) is 3. The van der Waals surface area contributed by atoms with Gasteiger partial charge in [-0.1, -0.05) is 32.9 Å². The second kappa shape index (κ2) is 9.26. The maximum absolute atomic E-state index is 12.2. The normalized spacial score (nSPS) is 11.1. The molecule has 0 radical (unpaired) electrons. The van der Waals surface area contributed by atoms with E-state index in [1.807, 2.05) is 58.9 Å². The molecule has 2 aromatic carbocycles. The molecule has 0 spiro atoms. The van der Waals surface area contributed by atoms with Crippen molar-refractivity contribution in [3.63, 3.8) is 0 Å². The van der Waals surface area contributed by atoms with Crippen LogP contribution in [0.1, 0.15) is 34.6 Å². The molecule has 28 heavy (non-hydrogen) atoms. The molecule has 2 amide bonds. The van der Waals surface area contributed by atoms with Gasteiger partial charge in [-0.05, 0) is 44.2 Å². The Morgan fingerprint density at radius 3 is 2.18 bits per heavy atom. The van der Waals surface area contributed by atoms with Crippen LogP contribution in [0.15, 0.2) is 48.5 Å². The first-order chi connectivity index (χ1) is 13.1. The number of rotatable bonds is 7. The summed E-state index contributed by atoms with van der Waals surface area (Å²) in [6, 6.07) is 14.6. The van der Waals surface area contributed by atoms with Gasteiger partial charge in [0.15, 0.2) is 0 Å². The second-order valence-corrected chi connectivity index (χ2v) is 7.88. The molecule has 0 aromatic heterocycles. The van der Waals surface area contributed by atoms with Crippen molar-refractivity contribution in [2.24, 2.45) is 5.41 Å². The highest BCUT2D eigenvalue weighted by Gasteiger charge is 2.21. The van der Waals surface area contributed by atoms with Gasteiger partial charge < -0.3 is 20.7 Å². The van der Waals surface area contributed by atoms with Gasteiger partial charge >= 0.3 is 0 Å². The molecule has 0 aliphatic carbocycles. The lowest BCUT2D eigenvalue weighted by atomic mass is 9.95. The van der Waals surface area contributed by atoms with E-state index in [1.165, 1.54) is 0 Å². The minimum atomic E-state index is -0.489. The third-order valence-corrected chi connectivity index (χ3v) is 3.74. The third-order valence-electron chi connectivity index (χ3n) is 3.74. The molecule has 0 saturated heterocycles. The fourth-order valence-electron chi connectivity index (χ4n) is 2.33. The van der Waals surface area contributed by atoms with E-state index in [0.717, 1.165) is 11.4 Å². The molecule has 2 rings (SSSR count). The molecule has 6 nitrogen and oxygen atoms in total. The largest absolute Gasteiger partial charge is 0.491 e. The second-order valence-electron chi connectivity index (χ2n) is 7.88. The van der Waals surface area contributed by atoms with Crippen molar-refractivity contribution in [2.75, 3.05) is 22.5 Å². The van der Waals surface area contributed by atoms with Gasteiger partial charge in [-0.2, -0.15) is 0 Å². The number of ether oxygens (including phenoxy) is 1. The van der Waals surface area contributed by atoms with Crippen molar-refractivity contribution < 1.29 is 14.3 Å². The van der Waals surface area contributed by atoms with Crippen molar-refractivity contribution in [1.82, 2.24) is 0 Å². The summed E-state index contributed by atoms with van der Waals surface area (Å²) in [6.45, 7) is 9.59. The smallest absolute Gasteiger partial charge is 0.243 e. The van der Waals surface area contributed by atoms with Crippen molar-refractivity contribution in [2.45, 2.75) is 40.7 Å². The quantitative estimate of drug-likeness (QED) is 0.657. The molecular formula is C22H29N3O3. The predicted octanol–water partition coefficient (Wildman–Crippen LogP) is 4.51. The summed E-state index contributed by atoms with van der Waals surface area (Å²) in [5.41, 5.74) is 1.58. The zero-order chi connectivity index (χ0) is 20.7. The van der Waals surface area contributed by atoms with Gasteiger partial charge in [-0.25, -0.2) is 0 Å². The van der Waals surface area contributed by atoms with Gasteiger partial charge in [0.25, 0.3) is 0 Å². The summed E-state index contributed by atoms with van der Waals surface area (Å²) < 4.78 is 5.65. The van der Waals surface area contributed by atoms with Gasteiger partial charge in [0, 0.05) is 28.5 Å². The lowest BCUT2D eigenvalue weighted by molar-refractivity contribution is -0.123. The maximum atomic E-state index is 12.2. The standard InChI is InChI=1S/C22H29N3O3/c1-15(2)28-19-11-7-8-16(13-19)23-14-20(26)24-17-9-6-10-18(12-17)25-21(27)22(3,4)5/h6-13,15,23H,14H2,1-5H3,(H,24,26)(H,25,27). The Morgan fingerprint density at radius 2 is 1.54 bits per heavy atom. The number of benzene rings is 2. The molecule has 0 atom stereocenters. The molecule has 0 unspecified atom stereocenters. The van der Waals surface area contributed by atoms with Crippen LogP contribution in [0.3, 0.4) is 0 Å². The summed E-state index contributed by atoms with van der Waals surface area (Å²) in [5, 5.41) is 8.77. The van der Waals surface area contributed by atoms with Crippen LogP contribution in [-0.4, -0.2) is 24.5 Å². The summed E-state index contributed by atoms with van der Waals surface area (Å²) in [5.74, 6) is 0.485. The molecule has 0 aliphatic heterocycles. The Balaban J connectivity index is 1.91. The van der Waals surface area contributed by atoms with Crippen LogP contribution in [0.5, 0.6) is 5.75 Å². The van der Waals surface area contributed by atoms with Gasteiger partial charge in [0.1, 0.15) is 5.75 Å². The predicted molar refractivity (Wildman–Crippen MR) is 114 cm³/mol. The van der Waals surface area contributed by atoms with Crippen LogP contribution in [0.25, 0.3) is 0 Å². The lowest BCUT2D eigenvalue weighted by Gasteiger charge is -2.18. The van der Waals surface area contributed by atoms with Crippen molar-refractivity contribution in [1.29, 1.82) is 0 Å². The first kappa shape index (κ1) is 21.3. The lowest BCUT2D eigenvalue weighted by Crippen LogP contribution is -2.27. The van der Waals surface area contributed by atoms with Crippen LogP contribution >= 0.6 is 0 Å². The minimum absolute atomic E-state index is 0.0823. The van der Waals surface area contributed by atoms with Crippen molar-refractivity contribution in [3.05, 3.63) is 48.5 Å². The SMILES string of the molecule is CC(C)Oc1cccc(NCC(=O)Nc2cccc(NC(=O)C(C)(C)C)c2)c1. The zero-order valence-corrected chi connectivity index (χ0v) is 17.1. The Morgan fingerprint density at radius 1 is 0.929 bits per heavy atom. The topological polar surface area (TPSA) is 79.5 Å². The Labute approximate surface area is 166 Å². The highest BCUT2D eigenvalue weighted by atomic mass is 16.5. The molecule has 6 heteroatoms. The van der Waals surface area contributed by atoms with Crippen LogP contribution in [0.2, 0.25) is 0 Å². The average molecular weight is 383 g/mol. The molecule has 0 bridgehead atoms. The van der Waals surface area contributed by atoms with Crippen LogP contribution in [0.4, 0.5) is 17.1 Å². The number of amides is 2. The molecule has 150 valence electrons. The average Bonchev–Trinajstić information content (AvgIpc) is 2.59. The van der Waals surface area contributed by atoms with E-state index in [-0.39, 0.29) is 24.5 Å². The van der Waals surface area contributed by atoms with E-state index in [2.05, 4.69) is 16.0 Å². The van der Waals surface area contributed by atoms with E-state index < -0.39 is 5.41 Å². The van der Waals surface area contributed by atoms with Crippen LogP contribution < -0.4 is 20.7 Å². The van der Waals surface area contributed by atoms with E-state index in [4.69, 9.17) is 4.74 Å². The van der Waals surface area contributed by atoms with Crippen molar-refractivity contribution >= 4 is 28.9 Å². The Kier molecular flexibility index (Phi) is 7.04. The van der Waals surface area contributed by atoms with Gasteiger partial charge in [0.05, 0.1) is 12.6 Å². The summed E-state index contributed by atoms with van der Waals surface area (Å²) >= 11 is 0. The highest BCUT2D eigenvalue weighted by molar-refractivity contribution is 5.97. The molecule has 0 aliphatic rings. The van der Waals surface area contributed by atoms with Crippen molar-refractivity contribution in [3.8, 4) is 5.75 Å². The number of carbonyl (C=O) groups is 2. The number of carbonyl (C=O) groups excluding carboxylic acids is 2. The van der Waals surface area contributed by atoms with Crippen LogP contribution in [0, 0.1) is 5.41 Å². The number of anilines is 3. The molecule has 0 fully saturated rings. The zero-order valence-electron chi connectivity index (χ0n) is 17.1. The van der Waals surface area contributed by atoms with E-state index >= 15 is 0 Å². The van der Waals surface area contributed by atoms with Gasteiger partial charge in [-0.15, -0.1) is 0 Å². The molecule has 0 heterocycles. The molecule has 0 saturated carbocycles. The third kappa shape index (κ3) is 6.95. The van der Waals surface area contributed by atoms with Crippen LogP contribution in [-0.2, 0) is 9.59 Å². The fraction of sp³-hybridized carbons (Fsp3) is 0.364. The number of hydrogen-bond donors (Lipinski definition) is 3. The summed E-state index contributed by atoms with van der Waals surface area (Å²) in [6.07, 6.45) is 0.0876.